The van der Waals surface area contributed by atoms with Crippen molar-refractivity contribution >= 4 is 11.8 Å². The Morgan fingerprint density at radius 1 is 1.06 bits per heavy atom. The molecular weight excluding hydrogens is 429 g/mol. The van der Waals surface area contributed by atoms with Crippen molar-refractivity contribution in [3.8, 4) is 6.07 Å². The molecule has 2 aromatic rings. The Morgan fingerprint density at radius 2 is 1.79 bits per heavy atom. The van der Waals surface area contributed by atoms with Crippen LogP contribution in [-0.2, 0) is 6.42 Å². The Balaban J connectivity index is 1.51. The average molecular weight is 462 g/mol. The number of benzene rings is 2. The van der Waals surface area contributed by atoms with Gasteiger partial charge in [-0.2, -0.15) is 5.26 Å². The average Bonchev–Trinajstić information content (AvgIpc) is 2.88. The maximum atomic E-state index is 13.6. The second-order valence-electron chi connectivity index (χ2n) is 9.61. The number of halogens is 1. The lowest BCUT2D eigenvalue weighted by atomic mass is 9.81. The highest BCUT2D eigenvalue weighted by Gasteiger charge is 2.35. The lowest BCUT2D eigenvalue weighted by Gasteiger charge is -2.41. The van der Waals surface area contributed by atoms with Gasteiger partial charge in [-0.15, -0.1) is 0 Å². The van der Waals surface area contributed by atoms with E-state index in [-0.39, 0.29) is 36.0 Å². The maximum Gasteiger partial charge on any atom is 0.320 e. The Bertz CT molecular complexity index is 1050. The number of aryl methyl sites for hydroxylation is 1. The van der Waals surface area contributed by atoms with E-state index in [2.05, 4.69) is 37.3 Å². The zero-order valence-corrected chi connectivity index (χ0v) is 19.8. The maximum absolute atomic E-state index is 13.6. The first-order chi connectivity index (χ1) is 16.5. The topological polar surface area (TPSA) is 64.4 Å². The first-order valence-electron chi connectivity index (χ1n) is 12.3. The summed E-state index contributed by atoms with van der Waals surface area (Å²) in [5.74, 6) is -0.340. The molecule has 0 N–H and O–H groups in total. The van der Waals surface area contributed by atoms with Crippen molar-refractivity contribution in [2.24, 2.45) is 11.8 Å². The quantitative estimate of drug-likeness (QED) is 0.559. The minimum atomic E-state index is -0.416. The van der Waals surface area contributed by atoms with E-state index < -0.39 is 5.82 Å². The molecule has 2 fully saturated rings. The van der Waals surface area contributed by atoms with Gasteiger partial charge >= 0.3 is 6.03 Å². The standard InChI is InChI=1S/C28H32FN3O2/c1-2-20-6-8-23(9-7-20)25-14-22(15-27(33)24-4-3-5-26(29)16-24)18-32(19-25)28(34)31-12-10-21(17-30)11-13-31/h3-9,16,21-22,25H,2,10-15,18-19H2,1H3. The zero-order chi connectivity index (χ0) is 24.1. The summed E-state index contributed by atoms with van der Waals surface area (Å²) in [6.07, 6.45) is 3.48. The van der Waals surface area contributed by atoms with Gasteiger partial charge in [0.25, 0.3) is 0 Å². The van der Waals surface area contributed by atoms with Gasteiger partial charge in [0, 0.05) is 50.0 Å². The van der Waals surface area contributed by atoms with Crippen LogP contribution in [-0.4, -0.2) is 47.8 Å². The summed E-state index contributed by atoms with van der Waals surface area (Å²) in [6, 6.07) is 16.7. The fourth-order valence-corrected chi connectivity index (χ4v) is 5.22. The number of likely N-dealkylation sites (tertiary alicyclic amines) is 2. The van der Waals surface area contributed by atoms with Crippen molar-refractivity contribution < 1.29 is 14.0 Å². The van der Waals surface area contributed by atoms with Gasteiger partial charge in [0.2, 0.25) is 0 Å². The molecule has 2 amide bonds. The minimum absolute atomic E-state index is 0.000895. The van der Waals surface area contributed by atoms with Gasteiger partial charge in [-0.1, -0.05) is 43.3 Å². The highest BCUT2D eigenvalue weighted by atomic mass is 19.1. The van der Waals surface area contributed by atoms with Crippen molar-refractivity contribution in [2.45, 2.75) is 44.9 Å². The molecule has 0 aliphatic carbocycles. The molecule has 0 bridgehead atoms. The number of amides is 2. The second kappa shape index (κ2) is 10.8. The third kappa shape index (κ3) is 5.64. The molecule has 2 saturated heterocycles. The fourth-order valence-electron chi connectivity index (χ4n) is 5.22. The van der Waals surface area contributed by atoms with E-state index in [4.69, 9.17) is 0 Å². The van der Waals surface area contributed by atoms with Crippen LogP contribution >= 0.6 is 0 Å². The largest absolute Gasteiger partial charge is 0.325 e. The Hall–Kier alpha value is -3.20. The molecule has 0 aromatic heterocycles. The van der Waals surface area contributed by atoms with E-state index in [1.807, 2.05) is 9.80 Å². The molecule has 4 rings (SSSR count). The van der Waals surface area contributed by atoms with E-state index >= 15 is 0 Å². The number of hydrogen-bond donors (Lipinski definition) is 0. The number of piperidine rings is 2. The van der Waals surface area contributed by atoms with Crippen LogP contribution in [0.3, 0.4) is 0 Å². The predicted molar refractivity (Wildman–Crippen MR) is 129 cm³/mol. The third-order valence-corrected chi connectivity index (χ3v) is 7.24. The number of carbonyl (C=O) groups excluding carboxylic acids is 2. The van der Waals surface area contributed by atoms with Crippen LogP contribution in [0.25, 0.3) is 0 Å². The van der Waals surface area contributed by atoms with E-state index in [9.17, 15) is 19.2 Å². The first kappa shape index (κ1) is 23.9. The van der Waals surface area contributed by atoms with Gasteiger partial charge in [-0.25, -0.2) is 9.18 Å². The number of nitrogens with zero attached hydrogens (tertiary/aromatic N) is 3. The van der Waals surface area contributed by atoms with E-state index in [1.165, 1.54) is 23.3 Å². The van der Waals surface area contributed by atoms with Crippen molar-refractivity contribution in [3.63, 3.8) is 0 Å². The van der Waals surface area contributed by atoms with Crippen molar-refractivity contribution in [1.82, 2.24) is 9.80 Å². The molecule has 2 heterocycles. The number of carbonyl (C=O) groups is 2. The van der Waals surface area contributed by atoms with Gasteiger partial charge in [0.1, 0.15) is 5.82 Å². The Morgan fingerprint density at radius 3 is 2.44 bits per heavy atom. The number of ketones is 1. The van der Waals surface area contributed by atoms with Crippen molar-refractivity contribution in [1.29, 1.82) is 5.26 Å². The molecule has 0 radical (unpaired) electrons. The van der Waals surface area contributed by atoms with Crippen LogP contribution in [0.1, 0.15) is 60.0 Å². The number of rotatable bonds is 5. The second-order valence-corrected chi connectivity index (χ2v) is 9.61. The van der Waals surface area contributed by atoms with Crippen LogP contribution in [0.2, 0.25) is 0 Å². The van der Waals surface area contributed by atoms with Crippen LogP contribution < -0.4 is 0 Å². The molecule has 2 aliphatic rings. The highest BCUT2D eigenvalue weighted by Crippen LogP contribution is 2.34. The Labute approximate surface area is 201 Å². The van der Waals surface area contributed by atoms with Crippen LogP contribution in [0.5, 0.6) is 0 Å². The number of Topliss-reactive ketones (excluding diaryl/α,β-unsaturated/α-hetero) is 1. The molecule has 34 heavy (non-hydrogen) atoms. The number of hydrogen-bond acceptors (Lipinski definition) is 3. The summed E-state index contributed by atoms with van der Waals surface area (Å²) in [4.78, 5) is 30.1. The molecule has 5 nitrogen and oxygen atoms in total. The smallest absolute Gasteiger partial charge is 0.320 e. The van der Waals surface area contributed by atoms with E-state index in [0.717, 1.165) is 12.8 Å². The molecule has 6 heteroatoms. The summed E-state index contributed by atoms with van der Waals surface area (Å²) < 4.78 is 13.6. The molecule has 2 atom stereocenters. The zero-order valence-electron chi connectivity index (χ0n) is 19.8. The summed E-state index contributed by atoms with van der Waals surface area (Å²) >= 11 is 0. The van der Waals surface area contributed by atoms with Gasteiger partial charge in [-0.05, 0) is 54.9 Å². The Kier molecular flexibility index (Phi) is 7.62. The fraction of sp³-hybridized carbons (Fsp3) is 0.464. The van der Waals surface area contributed by atoms with Gasteiger partial charge in [0.05, 0.1) is 6.07 Å². The van der Waals surface area contributed by atoms with Crippen molar-refractivity contribution in [3.05, 3.63) is 71.0 Å². The van der Waals surface area contributed by atoms with E-state index in [0.29, 0.717) is 44.6 Å². The number of urea groups is 1. The minimum Gasteiger partial charge on any atom is -0.325 e. The molecule has 0 saturated carbocycles. The van der Waals surface area contributed by atoms with Crippen molar-refractivity contribution in [2.75, 3.05) is 26.2 Å². The highest BCUT2D eigenvalue weighted by molar-refractivity contribution is 5.96. The summed E-state index contributed by atoms with van der Waals surface area (Å²) in [5, 5.41) is 9.17. The molecule has 0 spiro atoms. The summed E-state index contributed by atoms with van der Waals surface area (Å²) in [5.41, 5.74) is 2.83. The molecule has 178 valence electrons. The number of nitriles is 1. The normalized spacial score (nSPS) is 21.2. The lowest BCUT2D eigenvalue weighted by molar-refractivity contribution is 0.0873. The van der Waals surface area contributed by atoms with E-state index in [1.54, 1.807) is 12.1 Å². The third-order valence-electron chi connectivity index (χ3n) is 7.24. The molecule has 2 aliphatic heterocycles. The van der Waals surface area contributed by atoms with Crippen LogP contribution in [0.15, 0.2) is 48.5 Å². The van der Waals surface area contributed by atoms with Crippen LogP contribution in [0, 0.1) is 29.0 Å². The van der Waals surface area contributed by atoms with Gasteiger partial charge in [-0.3, -0.25) is 4.79 Å². The summed E-state index contributed by atoms with van der Waals surface area (Å²) in [6.45, 7) is 4.45. The van der Waals surface area contributed by atoms with Gasteiger partial charge < -0.3 is 9.80 Å². The SMILES string of the molecule is CCc1ccc(C2CC(CC(=O)c3cccc(F)c3)CN(C(=O)N3CCC(C#N)CC3)C2)cc1. The monoisotopic (exact) mass is 461 g/mol. The van der Waals surface area contributed by atoms with Gasteiger partial charge in [0.15, 0.2) is 5.78 Å². The predicted octanol–water partition coefficient (Wildman–Crippen LogP) is 5.42. The lowest BCUT2D eigenvalue weighted by Crippen LogP contribution is -2.51. The summed E-state index contributed by atoms with van der Waals surface area (Å²) in [7, 11) is 0. The molecular formula is C28H32FN3O2. The molecule has 2 aromatic carbocycles. The first-order valence-corrected chi connectivity index (χ1v) is 12.3. The van der Waals surface area contributed by atoms with Crippen LogP contribution in [0.4, 0.5) is 9.18 Å². The molecule has 2 unspecified atom stereocenters.